The molecule has 0 spiro atoms. The Morgan fingerprint density at radius 3 is 2.62 bits per heavy atom. The van der Waals surface area contributed by atoms with Crippen LogP contribution >= 0.6 is 0 Å². The Morgan fingerprint density at radius 1 is 1.12 bits per heavy atom. The third kappa shape index (κ3) is 2.40. The molecule has 1 aliphatic heterocycles. The average molecular weight is 224 g/mol. The number of hydrogen-bond donors (Lipinski definition) is 1. The van der Waals surface area contributed by atoms with Crippen LogP contribution in [0.4, 0.5) is 0 Å². The summed E-state index contributed by atoms with van der Waals surface area (Å²) in [5, 5.41) is 0. The number of carbonyl (C=O) groups is 1. The number of likely N-dealkylation sites (tertiary alicyclic amines) is 1. The number of amides is 1. The third-order valence-corrected chi connectivity index (χ3v) is 4.22. The van der Waals surface area contributed by atoms with Crippen LogP contribution in [0.1, 0.15) is 51.9 Å². The maximum atomic E-state index is 12.4. The molecule has 1 amide bonds. The zero-order valence-electron chi connectivity index (χ0n) is 10.3. The molecule has 3 atom stereocenters. The highest BCUT2D eigenvalue weighted by molar-refractivity contribution is 5.80. The third-order valence-electron chi connectivity index (χ3n) is 4.22. The van der Waals surface area contributed by atoms with Crippen molar-refractivity contribution in [3.8, 4) is 0 Å². The molecule has 2 fully saturated rings. The number of nitrogens with two attached hydrogens (primary N) is 1. The van der Waals surface area contributed by atoms with E-state index >= 15 is 0 Å². The fourth-order valence-electron chi connectivity index (χ4n) is 3.11. The first-order chi connectivity index (χ1) is 7.70. The molecule has 1 saturated carbocycles. The number of nitrogens with zero attached hydrogens (tertiary/aromatic N) is 1. The number of carbonyl (C=O) groups excluding carboxylic acids is 1. The molecule has 16 heavy (non-hydrogen) atoms. The van der Waals surface area contributed by atoms with E-state index in [1.807, 2.05) is 0 Å². The van der Waals surface area contributed by atoms with E-state index in [2.05, 4.69) is 11.8 Å². The van der Waals surface area contributed by atoms with Crippen LogP contribution in [0.15, 0.2) is 0 Å². The smallest absolute Gasteiger partial charge is 0.227 e. The standard InChI is InChI=1S/C13H24N2O/c1-10-6-3-2-4-9-15(10)13(16)11-7-5-8-12(11)14/h10-12H,2-9,14H2,1H3. The molecule has 0 radical (unpaired) electrons. The molecular weight excluding hydrogens is 200 g/mol. The van der Waals surface area contributed by atoms with Gasteiger partial charge < -0.3 is 10.6 Å². The van der Waals surface area contributed by atoms with Crippen molar-refractivity contribution in [3.63, 3.8) is 0 Å². The van der Waals surface area contributed by atoms with Gasteiger partial charge in [0.1, 0.15) is 0 Å². The molecule has 2 rings (SSSR count). The largest absolute Gasteiger partial charge is 0.340 e. The zero-order chi connectivity index (χ0) is 11.5. The zero-order valence-corrected chi connectivity index (χ0v) is 10.3. The molecule has 1 heterocycles. The molecule has 1 aliphatic carbocycles. The van der Waals surface area contributed by atoms with Crippen molar-refractivity contribution in [1.82, 2.24) is 4.90 Å². The minimum absolute atomic E-state index is 0.112. The molecule has 92 valence electrons. The maximum absolute atomic E-state index is 12.4. The van der Waals surface area contributed by atoms with Gasteiger partial charge >= 0.3 is 0 Å². The highest BCUT2D eigenvalue weighted by Gasteiger charge is 2.35. The van der Waals surface area contributed by atoms with Gasteiger partial charge in [-0.15, -0.1) is 0 Å². The lowest BCUT2D eigenvalue weighted by Crippen LogP contribution is -2.45. The van der Waals surface area contributed by atoms with Gasteiger partial charge in [-0.2, -0.15) is 0 Å². The fourth-order valence-corrected chi connectivity index (χ4v) is 3.11. The average Bonchev–Trinajstić information content (AvgIpc) is 2.56. The minimum Gasteiger partial charge on any atom is -0.340 e. The van der Waals surface area contributed by atoms with Gasteiger partial charge in [-0.1, -0.05) is 19.3 Å². The molecule has 0 bridgehead atoms. The maximum Gasteiger partial charge on any atom is 0.227 e. The molecule has 3 unspecified atom stereocenters. The normalized spacial score (nSPS) is 36.1. The second kappa shape index (κ2) is 5.17. The van der Waals surface area contributed by atoms with Crippen LogP contribution in [0.3, 0.4) is 0 Å². The molecule has 1 saturated heterocycles. The summed E-state index contributed by atoms with van der Waals surface area (Å²) in [6.07, 6.45) is 8.01. The van der Waals surface area contributed by atoms with Crippen molar-refractivity contribution in [2.45, 2.75) is 64.0 Å². The van der Waals surface area contributed by atoms with E-state index in [4.69, 9.17) is 5.73 Å². The van der Waals surface area contributed by atoms with E-state index in [9.17, 15) is 4.79 Å². The lowest BCUT2D eigenvalue weighted by atomic mass is 10.0. The van der Waals surface area contributed by atoms with E-state index in [1.54, 1.807) is 0 Å². The minimum atomic E-state index is 0.112. The van der Waals surface area contributed by atoms with Gasteiger partial charge in [0.15, 0.2) is 0 Å². The van der Waals surface area contributed by atoms with Crippen LogP contribution in [-0.2, 0) is 4.79 Å². The predicted molar refractivity (Wildman–Crippen MR) is 65.0 cm³/mol. The van der Waals surface area contributed by atoms with Gasteiger partial charge in [0.25, 0.3) is 0 Å². The Balaban J connectivity index is 2.01. The monoisotopic (exact) mass is 224 g/mol. The molecule has 0 aromatic rings. The van der Waals surface area contributed by atoms with Gasteiger partial charge in [-0.05, 0) is 32.6 Å². The van der Waals surface area contributed by atoms with Crippen molar-refractivity contribution in [1.29, 1.82) is 0 Å². The summed E-state index contributed by atoms with van der Waals surface area (Å²) >= 11 is 0. The summed E-state index contributed by atoms with van der Waals surface area (Å²) in [6.45, 7) is 3.13. The summed E-state index contributed by atoms with van der Waals surface area (Å²) in [6, 6.07) is 0.533. The van der Waals surface area contributed by atoms with Gasteiger partial charge in [0.05, 0.1) is 5.92 Å². The first-order valence-corrected chi connectivity index (χ1v) is 6.76. The fraction of sp³-hybridized carbons (Fsp3) is 0.923. The van der Waals surface area contributed by atoms with Crippen molar-refractivity contribution in [2.75, 3.05) is 6.54 Å². The Bertz CT molecular complexity index is 254. The molecular formula is C13H24N2O. The second-order valence-electron chi connectivity index (χ2n) is 5.43. The summed E-state index contributed by atoms with van der Waals surface area (Å²) in [7, 11) is 0. The van der Waals surface area contributed by atoms with Gasteiger partial charge in [0, 0.05) is 18.6 Å². The van der Waals surface area contributed by atoms with Crippen molar-refractivity contribution in [3.05, 3.63) is 0 Å². The van der Waals surface area contributed by atoms with E-state index in [0.717, 1.165) is 38.6 Å². The molecule has 0 aromatic heterocycles. The van der Waals surface area contributed by atoms with E-state index in [0.29, 0.717) is 11.9 Å². The second-order valence-corrected chi connectivity index (χ2v) is 5.43. The van der Waals surface area contributed by atoms with Crippen LogP contribution < -0.4 is 5.73 Å². The molecule has 3 nitrogen and oxygen atoms in total. The number of hydrogen-bond acceptors (Lipinski definition) is 2. The summed E-state index contributed by atoms with van der Waals surface area (Å²) in [5.41, 5.74) is 6.02. The van der Waals surface area contributed by atoms with Crippen molar-refractivity contribution in [2.24, 2.45) is 11.7 Å². The Kier molecular flexibility index (Phi) is 3.85. The summed E-state index contributed by atoms with van der Waals surface area (Å²) in [4.78, 5) is 14.5. The van der Waals surface area contributed by atoms with E-state index < -0.39 is 0 Å². The number of rotatable bonds is 1. The van der Waals surface area contributed by atoms with Crippen molar-refractivity contribution >= 4 is 5.91 Å². The molecule has 3 heteroatoms. The Morgan fingerprint density at radius 2 is 1.94 bits per heavy atom. The van der Waals surface area contributed by atoms with Crippen molar-refractivity contribution < 1.29 is 4.79 Å². The van der Waals surface area contributed by atoms with Gasteiger partial charge in [0.2, 0.25) is 5.91 Å². The SMILES string of the molecule is CC1CCCCCN1C(=O)C1CCCC1N. The first kappa shape index (κ1) is 11.9. The van der Waals surface area contributed by atoms with Crippen LogP contribution in [0, 0.1) is 5.92 Å². The lowest BCUT2D eigenvalue weighted by Gasteiger charge is -2.31. The van der Waals surface area contributed by atoms with E-state index in [1.165, 1.54) is 12.8 Å². The van der Waals surface area contributed by atoms with Gasteiger partial charge in [-0.25, -0.2) is 0 Å². The predicted octanol–water partition coefficient (Wildman–Crippen LogP) is 1.90. The Hall–Kier alpha value is -0.570. The van der Waals surface area contributed by atoms with Crippen LogP contribution in [0.25, 0.3) is 0 Å². The summed E-state index contributed by atoms with van der Waals surface area (Å²) < 4.78 is 0. The van der Waals surface area contributed by atoms with Crippen LogP contribution in [0.5, 0.6) is 0 Å². The van der Waals surface area contributed by atoms with E-state index in [-0.39, 0.29) is 12.0 Å². The first-order valence-electron chi connectivity index (χ1n) is 6.76. The molecule has 2 N–H and O–H groups in total. The lowest BCUT2D eigenvalue weighted by molar-refractivity contribution is -0.137. The highest BCUT2D eigenvalue weighted by atomic mass is 16.2. The highest BCUT2D eigenvalue weighted by Crippen LogP contribution is 2.28. The topological polar surface area (TPSA) is 46.3 Å². The Labute approximate surface area is 98.4 Å². The quantitative estimate of drug-likeness (QED) is 0.739. The van der Waals surface area contributed by atoms with Gasteiger partial charge in [-0.3, -0.25) is 4.79 Å². The van der Waals surface area contributed by atoms with Crippen LogP contribution in [-0.4, -0.2) is 29.4 Å². The summed E-state index contributed by atoms with van der Waals surface area (Å²) in [5.74, 6) is 0.444. The molecule has 2 aliphatic rings. The van der Waals surface area contributed by atoms with Crippen LogP contribution in [0.2, 0.25) is 0 Å². The molecule has 0 aromatic carbocycles.